The van der Waals surface area contributed by atoms with Crippen molar-refractivity contribution in [2.75, 3.05) is 0 Å². The van der Waals surface area contributed by atoms with Gasteiger partial charge in [0.25, 0.3) is 0 Å². The van der Waals surface area contributed by atoms with Crippen LogP contribution in [0.25, 0.3) is 0 Å². The lowest BCUT2D eigenvalue weighted by molar-refractivity contribution is 0.472. The van der Waals surface area contributed by atoms with E-state index in [9.17, 15) is 5.11 Å². The van der Waals surface area contributed by atoms with Gasteiger partial charge in [-0.05, 0) is 42.9 Å². The molecular weight excluding hydrogens is 210 g/mol. The monoisotopic (exact) mass is 221 g/mol. The molecule has 0 bridgehead atoms. The zero-order valence-corrected chi connectivity index (χ0v) is 9.14. The maximum atomic E-state index is 9.69. The SMILES string of the molecule is N#Cc1cc2c(c(Cl)c1O)CCCCC2. The van der Waals surface area contributed by atoms with Crippen molar-refractivity contribution in [1.82, 2.24) is 0 Å². The average molecular weight is 222 g/mol. The smallest absolute Gasteiger partial charge is 0.152 e. The number of phenols is 1. The van der Waals surface area contributed by atoms with E-state index in [-0.39, 0.29) is 5.75 Å². The fourth-order valence-corrected chi connectivity index (χ4v) is 2.42. The molecule has 0 spiro atoms. The second-order valence-corrected chi connectivity index (χ2v) is 4.27. The molecule has 1 aliphatic rings. The molecular formula is C12H12ClNO. The van der Waals surface area contributed by atoms with Crippen LogP contribution in [0.2, 0.25) is 5.02 Å². The Balaban J connectivity index is 2.59. The van der Waals surface area contributed by atoms with Crippen molar-refractivity contribution in [3.63, 3.8) is 0 Å². The summed E-state index contributed by atoms with van der Waals surface area (Å²) >= 11 is 6.07. The molecule has 1 aromatic carbocycles. The summed E-state index contributed by atoms with van der Waals surface area (Å²) in [6.45, 7) is 0. The molecule has 0 unspecified atom stereocenters. The molecule has 78 valence electrons. The fraction of sp³-hybridized carbons (Fsp3) is 0.417. The van der Waals surface area contributed by atoms with Gasteiger partial charge in [-0.25, -0.2) is 0 Å². The van der Waals surface area contributed by atoms with Crippen LogP contribution in [0.15, 0.2) is 6.07 Å². The molecule has 0 fully saturated rings. The number of benzene rings is 1. The first-order valence-corrected chi connectivity index (χ1v) is 5.55. The van der Waals surface area contributed by atoms with Gasteiger partial charge >= 0.3 is 0 Å². The van der Waals surface area contributed by atoms with E-state index in [1.807, 2.05) is 6.07 Å². The quantitative estimate of drug-likeness (QED) is 0.684. The first-order chi connectivity index (χ1) is 7.24. The molecule has 2 rings (SSSR count). The summed E-state index contributed by atoms with van der Waals surface area (Å²) in [6, 6.07) is 3.75. The third-order valence-corrected chi connectivity index (χ3v) is 3.33. The van der Waals surface area contributed by atoms with Crippen LogP contribution in [0.4, 0.5) is 0 Å². The molecule has 1 N–H and O–H groups in total. The number of aromatic hydroxyl groups is 1. The van der Waals surface area contributed by atoms with Crippen molar-refractivity contribution in [3.8, 4) is 11.8 Å². The maximum absolute atomic E-state index is 9.69. The Morgan fingerprint density at radius 3 is 2.73 bits per heavy atom. The first kappa shape index (κ1) is 10.3. The topological polar surface area (TPSA) is 44.0 Å². The molecule has 0 radical (unpaired) electrons. The Labute approximate surface area is 94.1 Å². The Morgan fingerprint density at radius 2 is 2.00 bits per heavy atom. The van der Waals surface area contributed by atoms with E-state index in [1.165, 1.54) is 6.42 Å². The minimum atomic E-state index is -0.0557. The molecule has 0 aliphatic heterocycles. The molecule has 1 aromatic rings. The molecule has 1 aliphatic carbocycles. The number of nitriles is 1. The van der Waals surface area contributed by atoms with Crippen LogP contribution in [-0.4, -0.2) is 5.11 Å². The summed E-state index contributed by atoms with van der Waals surface area (Å²) in [5.74, 6) is -0.0557. The second kappa shape index (κ2) is 4.12. The molecule has 0 saturated heterocycles. The number of phenolic OH excluding ortho intramolecular Hbond substituents is 1. The van der Waals surface area contributed by atoms with Gasteiger partial charge in [0, 0.05) is 0 Å². The van der Waals surface area contributed by atoms with Crippen LogP contribution >= 0.6 is 11.6 Å². The lowest BCUT2D eigenvalue weighted by atomic mass is 9.99. The Hall–Kier alpha value is -1.20. The van der Waals surface area contributed by atoms with Crippen molar-refractivity contribution >= 4 is 11.6 Å². The lowest BCUT2D eigenvalue weighted by Gasteiger charge is -2.10. The van der Waals surface area contributed by atoms with Crippen molar-refractivity contribution < 1.29 is 5.11 Å². The number of aryl methyl sites for hydroxylation is 1. The molecule has 0 aromatic heterocycles. The molecule has 0 amide bonds. The van der Waals surface area contributed by atoms with Crippen LogP contribution in [0.1, 0.15) is 36.0 Å². The summed E-state index contributed by atoms with van der Waals surface area (Å²) in [5, 5.41) is 18.9. The van der Waals surface area contributed by atoms with Gasteiger partial charge in [0.15, 0.2) is 5.75 Å². The van der Waals surface area contributed by atoms with Gasteiger partial charge in [0.05, 0.1) is 10.6 Å². The van der Waals surface area contributed by atoms with Gasteiger partial charge in [-0.2, -0.15) is 5.26 Å². The average Bonchev–Trinajstić information content (AvgIpc) is 2.48. The predicted molar refractivity (Wildman–Crippen MR) is 59.1 cm³/mol. The number of hydrogen-bond acceptors (Lipinski definition) is 2. The highest BCUT2D eigenvalue weighted by Gasteiger charge is 2.17. The minimum Gasteiger partial charge on any atom is -0.505 e. The van der Waals surface area contributed by atoms with Crippen molar-refractivity contribution in [2.24, 2.45) is 0 Å². The van der Waals surface area contributed by atoms with Gasteiger partial charge in [0.1, 0.15) is 6.07 Å². The Morgan fingerprint density at radius 1 is 1.27 bits per heavy atom. The van der Waals surface area contributed by atoms with Crippen molar-refractivity contribution in [1.29, 1.82) is 5.26 Å². The first-order valence-electron chi connectivity index (χ1n) is 5.17. The largest absolute Gasteiger partial charge is 0.505 e. The van der Waals surface area contributed by atoms with Gasteiger partial charge in [0.2, 0.25) is 0 Å². The highest BCUT2D eigenvalue weighted by atomic mass is 35.5. The number of fused-ring (bicyclic) bond motifs is 1. The highest BCUT2D eigenvalue weighted by Crippen LogP contribution is 2.36. The predicted octanol–water partition coefficient (Wildman–Crippen LogP) is 3.19. The van der Waals surface area contributed by atoms with E-state index in [2.05, 4.69) is 0 Å². The van der Waals surface area contributed by atoms with Gasteiger partial charge in [-0.1, -0.05) is 18.0 Å². The van der Waals surface area contributed by atoms with Gasteiger partial charge in [-0.15, -0.1) is 0 Å². The van der Waals surface area contributed by atoms with Crippen molar-refractivity contribution in [3.05, 3.63) is 27.8 Å². The zero-order chi connectivity index (χ0) is 10.8. The summed E-state index contributed by atoms with van der Waals surface area (Å²) in [7, 11) is 0. The summed E-state index contributed by atoms with van der Waals surface area (Å²) in [6.07, 6.45) is 5.31. The van der Waals surface area contributed by atoms with E-state index in [4.69, 9.17) is 16.9 Å². The third-order valence-electron chi connectivity index (χ3n) is 2.93. The van der Waals surface area contributed by atoms with Gasteiger partial charge < -0.3 is 5.11 Å². The highest BCUT2D eigenvalue weighted by molar-refractivity contribution is 6.33. The molecule has 15 heavy (non-hydrogen) atoms. The zero-order valence-electron chi connectivity index (χ0n) is 8.39. The number of halogens is 1. The fourth-order valence-electron chi connectivity index (χ4n) is 2.10. The summed E-state index contributed by atoms with van der Waals surface area (Å²) < 4.78 is 0. The molecule has 0 saturated carbocycles. The van der Waals surface area contributed by atoms with E-state index >= 15 is 0 Å². The van der Waals surface area contributed by atoms with Crippen LogP contribution in [0.5, 0.6) is 5.75 Å². The van der Waals surface area contributed by atoms with Gasteiger partial charge in [-0.3, -0.25) is 0 Å². The van der Waals surface area contributed by atoms with Crippen LogP contribution in [-0.2, 0) is 12.8 Å². The number of nitrogens with zero attached hydrogens (tertiary/aromatic N) is 1. The number of rotatable bonds is 0. The van der Waals surface area contributed by atoms with E-state index in [1.54, 1.807) is 6.07 Å². The second-order valence-electron chi connectivity index (χ2n) is 3.90. The standard InChI is InChI=1S/C12H12ClNO/c13-11-10-5-3-1-2-4-8(10)6-9(7-14)12(11)15/h6,15H,1-5H2. The third kappa shape index (κ3) is 1.80. The lowest BCUT2D eigenvalue weighted by Crippen LogP contribution is -1.95. The normalized spacial score (nSPS) is 15.2. The molecule has 0 atom stereocenters. The van der Waals surface area contributed by atoms with E-state index in [0.29, 0.717) is 10.6 Å². The molecule has 2 nitrogen and oxygen atoms in total. The van der Waals surface area contributed by atoms with Crippen LogP contribution in [0, 0.1) is 11.3 Å². The van der Waals surface area contributed by atoms with Crippen LogP contribution < -0.4 is 0 Å². The van der Waals surface area contributed by atoms with E-state index in [0.717, 1.165) is 36.8 Å². The summed E-state index contributed by atoms with van der Waals surface area (Å²) in [4.78, 5) is 0. The Bertz CT molecular complexity index is 434. The Kier molecular flexibility index (Phi) is 2.83. The van der Waals surface area contributed by atoms with E-state index < -0.39 is 0 Å². The van der Waals surface area contributed by atoms with Crippen molar-refractivity contribution in [2.45, 2.75) is 32.1 Å². The molecule has 3 heteroatoms. The minimum absolute atomic E-state index is 0.0557. The molecule has 0 heterocycles. The van der Waals surface area contributed by atoms with Crippen LogP contribution in [0.3, 0.4) is 0 Å². The summed E-state index contributed by atoms with van der Waals surface area (Å²) in [5.41, 5.74) is 2.46. The number of hydrogen-bond donors (Lipinski definition) is 1. The maximum Gasteiger partial charge on any atom is 0.152 e.